The van der Waals surface area contributed by atoms with E-state index in [0.29, 0.717) is 0 Å². The number of aliphatic carboxylic acids is 1. The zero-order chi connectivity index (χ0) is 20.5. The van der Waals surface area contributed by atoms with Crippen LogP contribution in [0.1, 0.15) is 49.3 Å². The number of carboxylic acid groups (broad SMARTS) is 1. The molecule has 2 aromatic carbocycles. The van der Waals surface area contributed by atoms with E-state index < -0.39 is 5.97 Å². The molecule has 3 rings (SSSR count). The third-order valence-corrected chi connectivity index (χ3v) is 5.50. The molecule has 0 aromatic heterocycles. The van der Waals surface area contributed by atoms with E-state index in [1.165, 1.54) is 0 Å². The molecule has 2 aromatic rings. The second-order valence-corrected chi connectivity index (χ2v) is 7.59. The first-order chi connectivity index (χ1) is 14.2. The lowest BCUT2D eigenvalue weighted by Gasteiger charge is -2.34. The van der Waals surface area contributed by atoms with Crippen LogP contribution in [0.4, 0.5) is 0 Å². The molecule has 1 N–H and O–H groups in total. The first-order valence-electron chi connectivity index (χ1n) is 10.4. The molecule has 0 radical (unpaired) electrons. The number of methoxy groups -OCH3 is 1. The molecule has 0 saturated carbocycles. The van der Waals surface area contributed by atoms with Gasteiger partial charge in [0.15, 0.2) is 0 Å². The Kier molecular flexibility index (Phi) is 8.08. The van der Waals surface area contributed by atoms with Gasteiger partial charge in [0.2, 0.25) is 0 Å². The first-order valence-corrected chi connectivity index (χ1v) is 10.4. The maximum absolute atomic E-state index is 10.6. The average molecular weight is 398 g/mol. The Morgan fingerprint density at radius 1 is 1.03 bits per heavy atom. The number of piperidine rings is 1. The van der Waals surface area contributed by atoms with Crippen LogP contribution in [0.25, 0.3) is 0 Å². The summed E-state index contributed by atoms with van der Waals surface area (Å²) in [7, 11) is 1.68. The molecule has 1 heterocycles. The molecule has 1 saturated heterocycles. The highest BCUT2D eigenvalue weighted by Crippen LogP contribution is 2.31. The molecule has 5 heteroatoms. The van der Waals surface area contributed by atoms with Crippen molar-refractivity contribution in [2.24, 2.45) is 0 Å². The van der Waals surface area contributed by atoms with E-state index in [9.17, 15) is 4.79 Å². The summed E-state index contributed by atoms with van der Waals surface area (Å²) >= 11 is 0. The molecule has 0 bridgehead atoms. The third kappa shape index (κ3) is 6.58. The van der Waals surface area contributed by atoms with Crippen LogP contribution in [0.5, 0.6) is 5.75 Å². The molecule has 29 heavy (non-hydrogen) atoms. The molecule has 1 aliphatic rings. The number of benzene rings is 2. The Bertz CT molecular complexity index is 739. The van der Waals surface area contributed by atoms with Gasteiger partial charge in [-0.2, -0.15) is 0 Å². The molecule has 5 nitrogen and oxygen atoms in total. The Morgan fingerprint density at radius 2 is 1.69 bits per heavy atom. The number of rotatable bonds is 10. The van der Waals surface area contributed by atoms with Gasteiger partial charge in [0, 0.05) is 19.5 Å². The van der Waals surface area contributed by atoms with E-state index in [2.05, 4.69) is 41.3 Å². The van der Waals surface area contributed by atoms with Crippen molar-refractivity contribution in [1.82, 2.24) is 4.90 Å². The normalized spacial score (nSPS) is 16.4. The molecule has 0 aliphatic carbocycles. The van der Waals surface area contributed by atoms with Gasteiger partial charge < -0.3 is 19.5 Å². The monoisotopic (exact) mass is 397 g/mol. The number of likely N-dealkylation sites (tertiary alicyclic amines) is 1. The Morgan fingerprint density at radius 3 is 2.31 bits per heavy atom. The second kappa shape index (κ2) is 11.0. The Hall–Kier alpha value is -2.37. The van der Waals surface area contributed by atoms with E-state index in [1.807, 2.05) is 18.2 Å². The topological polar surface area (TPSA) is 59.0 Å². The number of ether oxygens (including phenoxy) is 2. The quantitative estimate of drug-likeness (QED) is 0.597. The van der Waals surface area contributed by atoms with Gasteiger partial charge in [-0.3, -0.25) is 4.79 Å². The molecule has 1 unspecified atom stereocenters. The Labute approximate surface area is 173 Å². The maximum Gasteiger partial charge on any atom is 0.303 e. The molecule has 0 amide bonds. The van der Waals surface area contributed by atoms with Crippen LogP contribution in [0, 0.1) is 0 Å². The number of hydrogen-bond donors (Lipinski definition) is 1. The van der Waals surface area contributed by atoms with Gasteiger partial charge in [0.1, 0.15) is 11.9 Å². The summed E-state index contributed by atoms with van der Waals surface area (Å²) in [6.07, 6.45) is 4.08. The van der Waals surface area contributed by atoms with E-state index >= 15 is 0 Å². The fourth-order valence-electron chi connectivity index (χ4n) is 3.83. The minimum atomic E-state index is -0.706. The maximum atomic E-state index is 10.6. The van der Waals surface area contributed by atoms with E-state index in [4.69, 9.17) is 14.6 Å². The van der Waals surface area contributed by atoms with Crippen LogP contribution in [-0.2, 0) is 9.53 Å². The third-order valence-electron chi connectivity index (χ3n) is 5.50. The summed E-state index contributed by atoms with van der Waals surface area (Å²) in [6.45, 7) is 2.98. The Balaban J connectivity index is 1.57. The van der Waals surface area contributed by atoms with Crippen molar-refractivity contribution in [2.75, 3.05) is 26.7 Å². The lowest BCUT2D eigenvalue weighted by Crippen LogP contribution is -2.38. The smallest absolute Gasteiger partial charge is 0.303 e. The zero-order valence-electron chi connectivity index (χ0n) is 17.1. The van der Waals surface area contributed by atoms with Gasteiger partial charge in [-0.05, 0) is 55.5 Å². The number of carbonyl (C=O) groups is 1. The highest BCUT2D eigenvalue weighted by atomic mass is 16.5. The summed E-state index contributed by atoms with van der Waals surface area (Å²) in [5.74, 6) is 0.138. The van der Waals surface area contributed by atoms with Gasteiger partial charge in [-0.25, -0.2) is 0 Å². The van der Waals surface area contributed by atoms with Crippen LogP contribution in [0.2, 0.25) is 0 Å². The molecule has 1 fully saturated rings. The fourth-order valence-corrected chi connectivity index (χ4v) is 3.83. The van der Waals surface area contributed by atoms with Crippen LogP contribution >= 0.6 is 0 Å². The van der Waals surface area contributed by atoms with Crippen LogP contribution in [-0.4, -0.2) is 48.8 Å². The number of nitrogens with zero attached hydrogens (tertiary/aromatic N) is 1. The van der Waals surface area contributed by atoms with Gasteiger partial charge >= 0.3 is 5.97 Å². The number of carboxylic acids is 1. The molecule has 0 spiro atoms. The van der Waals surface area contributed by atoms with Crippen molar-refractivity contribution in [1.29, 1.82) is 0 Å². The molecule has 1 aliphatic heterocycles. The summed E-state index contributed by atoms with van der Waals surface area (Å²) in [5.41, 5.74) is 2.29. The predicted octanol–water partition coefficient (Wildman–Crippen LogP) is 4.52. The van der Waals surface area contributed by atoms with Crippen LogP contribution in [0.15, 0.2) is 54.6 Å². The van der Waals surface area contributed by atoms with Gasteiger partial charge in [-0.15, -0.1) is 0 Å². The largest absolute Gasteiger partial charge is 0.497 e. The summed E-state index contributed by atoms with van der Waals surface area (Å²) in [6, 6.07) is 18.5. The van der Waals surface area contributed by atoms with Gasteiger partial charge in [-0.1, -0.05) is 42.5 Å². The highest BCUT2D eigenvalue weighted by molar-refractivity contribution is 5.66. The van der Waals surface area contributed by atoms with E-state index in [-0.39, 0.29) is 18.6 Å². The average Bonchev–Trinajstić information content (AvgIpc) is 2.76. The molecular formula is C24H31NO4. The van der Waals surface area contributed by atoms with Crippen molar-refractivity contribution < 1.29 is 19.4 Å². The molecule has 156 valence electrons. The fraction of sp³-hybridized carbons (Fsp3) is 0.458. The van der Waals surface area contributed by atoms with Crippen molar-refractivity contribution in [3.8, 4) is 5.75 Å². The number of hydrogen-bond acceptors (Lipinski definition) is 4. The number of unbranched alkanes of at least 4 members (excludes halogenated alkanes) is 1. The summed E-state index contributed by atoms with van der Waals surface area (Å²) in [5, 5.41) is 8.75. The molecular weight excluding hydrogens is 366 g/mol. The van der Waals surface area contributed by atoms with Crippen LogP contribution in [0.3, 0.4) is 0 Å². The van der Waals surface area contributed by atoms with Gasteiger partial charge in [0.25, 0.3) is 0 Å². The van der Waals surface area contributed by atoms with Crippen molar-refractivity contribution >= 4 is 5.97 Å². The van der Waals surface area contributed by atoms with E-state index in [0.717, 1.165) is 62.2 Å². The van der Waals surface area contributed by atoms with Gasteiger partial charge in [0.05, 0.1) is 13.2 Å². The SMILES string of the molecule is COc1ccc(C(OC2CCN(CCCCC(=O)O)CC2)c2ccccc2)cc1. The highest BCUT2D eigenvalue weighted by Gasteiger charge is 2.24. The minimum absolute atomic E-state index is 0.0887. The zero-order valence-corrected chi connectivity index (χ0v) is 17.1. The van der Waals surface area contributed by atoms with Crippen molar-refractivity contribution in [3.05, 3.63) is 65.7 Å². The standard InChI is InChI=1S/C24H31NO4/c1-28-21-12-10-20(11-13-21)24(19-7-3-2-4-8-19)29-22-14-17-25(18-15-22)16-6-5-9-23(26)27/h2-4,7-8,10-13,22,24H,5-6,9,14-18H2,1H3,(H,26,27). The van der Waals surface area contributed by atoms with Crippen molar-refractivity contribution in [3.63, 3.8) is 0 Å². The lowest BCUT2D eigenvalue weighted by molar-refractivity contribution is -0.137. The summed E-state index contributed by atoms with van der Waals surface area (Å²) in [4.78, 5) is 13.1. The van der Waals surface area contributed by atoms with E-state index in [1.54, 1.807) is 7.11 Å². The van der Waals surface area contributed by atoms with Crippen LogP contribution < -0.4 is 4.74 Å². The second-order valence-electron chi connectivity index (χ2n) is 7.59. The lowest BCUT2D eigenvalue weighted by atomic mass is 10.00. The minimum Gasteiger partial charge on any atom is -0.497 e. The molecule has 1 atom stereocenters. The first kappa shape index (κ1) is 21.3. The predicted molar refractivity (Wildman–Crippen MR) is 113 cm³/mol. The van der Waals surface area contributed by atoms with Crippen molar-refractivity contribution in [2.45, 2.75) is 44.3 Å². The summed E-state index contributed by atoms with van der Waals surface area (Å²) < 4.78 is 11.9.